The predicted molar refractivity (Wildman–Crippen MR) is 115 cm³/mol. The lowest BCUT2D eigenvalue weighted by atomic mass is 9.97. The highest BCUT2D eigenvalue weighted by atomic mass is 19.4. The van der Waals surface area contributed by atoms with Gasteiger partial charge >= 0.3 is 6.18 Å². The molecule has 10 heteroatoms. The number of aromatic nitrogens is 3. The van der Waals surface area contributed by atoms with Crippen LogP contribution in [0.4, 0.5) is 13.2 Å². The number of nitrogens with zero attached hydrogens (tertiary/aromatic N) is 4. The number of alkyl halides is 3. The first-order valence-electron chi connectivity index (χ1n) is 10.7. The van der Waals surface area contributed by atoms with E-state index in [1.54, 1.807) is 23.1 Å². The van der Waals surface area contributed by atoms with Crippen LogP contribution in [-0.2, 0) is 6.18 Å². The minimum atomic E-state index is -4.70. The number of likely N-dealkylation sites (tertiary alicyclic amines) is 1. The second-order valence-electron chi connectivity index (χ2n) is 8.23. The molecule has 2 aromatic heterocycles. The van der Waals surface area contributed by atoms with E-state index in [-0.39, 0.29) is 34.9 Å². The van der Waals surface area contributed by atoms with Gasteiger partial charge < -0.3 is 14.4 Å². The van der Waals surface area contributed by atoms with Crippen LogP contribution < -0.4 is 9.47 Å². The first kappa shape index (κ1) is 22.9. The van der Waals surface area contributed by atoms with Crippen LogP contribution in [0.1, 0.15) is 49.2 Å². The highest BCUT2D eigenvalue weighted by molar-refractivity contribution is 6.00. The van der Waals surface area contributed by atoms with Crippen LogP contribution in [0.15, 0.2) is 30.5 Å². The fourth-order valence-corrected chi connectivity index (χ4v) is 4.42. The van der Waals surface area contributed by atoms with Crippen LogP contribution in [0, 0.1) is 0 Å². The van der Waals surface area contributed by atoms with E-state index in [4.69, 9.17) is 9.47 Å². The van der Waals surface area contributed by atoms with Gasteiger partial charge in [0.2, 0.25) is 0 Å². The normalized spacial score (nSPS) is 19.1. The van der Waals surface area contributed by atoms with Crippen LogP contribution in [0.2, 0.25) is 0 Å². The summed E-state index contributed by atoms with van der Waals surface area (Å²) in [4.78, 5) is 19.6. The van der Waals surface area contributed by atoms with Crippen molar-refractivity contribution in [2.24, 2.45) is 0 Å². The SMILES string of the molecule is COc1ccc(-c2cc(C(F)(F)F)n3ncc(C(=O)N4C(C)CCCC4C)c3n2)cc1OC. The van der Waals surface area contributed by atoms with Crippen molar-refractivity contribution < 1.29 is 27.4 Å². The highest BCUT2D eigenvalue weighted by Crippen LogP contribution is 2.36. The Balaban J connectivity index is 1.89. The van der Waals surface area contributed by atoms with Crippen molar-refractivity contribution in [2.45, 2.75) is 51.4 Å². The molecule has 3 aromatic rings. The second-order valence-corrected chi connectivity index (χ2v) is 8.23. The summed E-state index contributed by atoms with van der Waals surface area (Å²) in [5.74, 6) is 0.424. The van der Waals surface area contributed by atoms with Crippen LogP contribution in [0.5, 0.6) is 11.5 Å². The molecule has 0 aliphatic carbocycles. The maximum Gasteiger partial charge on any atom is 0.433 e. The maximum atomic E-state index is 13.9. The molecular formula is C23H25F3N4O3. The van der Waals surface area contributed by atoms with E-state index < -0.39 is 11.9 Å². The van der Waals surface area contributed by atoms with E-state index in [1.165, 1.54) is 20.4 Å². The van der Waals surface area contributed by atoms with Gasteiger partial charge in [-0.1, -0.05) is 0 Å². The lowest BCUT2D eigenvalue weighted by Gasteiger charge is -2.38. The second kappa shape index (κ2) is 8.57. The summed E-state index contributed by atoms with van der Waals surface area (Å²) >= 11 is 0. The van der Waals surface area contributed by atoms with Gasteiger partial charge in [0.15, 0.2) is 22.8 Å². The summed E-state index contributed by atoms with van der Waals surface area (Å²) in [7, 11) is 2.91. The zero-order valence-electron chi connectivity index (χ0n) is 18.8. The average molecular weight is 462 g/mol. The number of piperidine rings is 1. The van der Waals surface area contributed by atoms with Gasteiger partial charge in [-0.2, -0.15) is 18.3 Å². The van der Waals surface area contributed by atoms with Crippen molar-refractivity contribution in [2.75, 3.05) is 14.2 Å². The molecule has 0 spiro atoms. The molecule has 1 aromatic carbocycles. The zero-order chi connectivity index (χ0) is 23.9. The summed E-state index contributed by atoms with van der Waals surface area (Å²) in [6, 6.07) is 5.60. The molecule has 0 radical (unpaired) electrons. The molecule has 1 fully saturated rings. The molecule has 2 unspecified atom stereocenters. The molecule has 3 heterocycles. The number of carbonyl (C=O) groups excluding carboxylic acids is 1. The number of methoxy groups -OCH3 is 2. The lowest BCUT2D eigenvalue weighted by Crippen LogP contribution is -2.47. The van der Waals surface area contributed by atoms with Crippen molar-refractivity contribution in [1.82, 2.24) is 19.5 Å². The number of amides is 1. The quantitative estimate of drug-likeness (QED) is 0.555. The molecule has 2 atom stereocenters. The molecule has 7 nitrogen and oxygen atoms in total. The third kappa shape index (κ3) is 4.09. The molecule has 176 valence electrons. The van der Waals surface area contributed by atoms with Crippen molar-refractivity contribution in [3.63, 3.8) is 0 Å². The molecule has 1 saturated heterocycles. The fourth-order valence-electron chi connectivity index (χ4n) is 4.42. The van der Waals surface area contributed by atoms with Gasteiger partial charge in [0.25, 0.3) is 5.91 Å². The Morgan fingerprint density at radius 1 is 1.06 bits per heavy atom. The fraction of sp³-hybridized carbons (Fsp3) is 0.435. The number of hydrogen-bond donors (Lipinski definition) is 0. The number of hydrogen-bond acceptors (Lipinski definition) is 5. The van der Waals surface area contributed by atoms with Crippen LogP contribution in [-0.4, -0.2) is 51.7 Å². The number of halogens is 3. The van der Waals surface area contributed by atoms with E-state index >= 15 is 0 Å². The largest absolute Gasteiger partial charge is 0.493 e. The Morgan fingerprint density at radius 3 is 2.33 bits per heavy atom. The first-order chi connectivity index (χ1) is 15.7. The molecule has 33 heavy (non-hydrogen) atoms. The third-order valence-corrected chi connectivity index (χ3v) is 6.10. The average Bonchev–Trinajstić information content (AvgIpc) is 3.21. The number of ether oxygens (including phenoxy) is 2. The van der Waals surface area contributed by atoms with Gasteiger partial charge in [0.05, 0.1) is 26.1 Å². The molecule has 4 rings (SSSR count). The lowest BCUT2D eigenvalue weighted by molar-refractivity contribution is -0.142. The Morgan fingerprint density at radius 2 is 1.73 bits per heavy atom. The minimum absolute atomic E-state index is 0.0210. The van der Waals surface area contributed by atoms with Gasteiger partial charge in [0, 0.05) is 17.6 Å². The van der Waals surface area contributed by atoms with E-state index in [1.807, 2.05) is 13.8 Å². The standard InChI is InChI=1S/C23H25F3N4O3/c1-13-6-5-7-14(2)29(13)22(31)16-12-27-30-20(23(24,25)26)11-17(28-21(16)30)15-8-9-18(32-3)19(10-15)33-4/h8-14H,5-7H2,1-4H3. The van der Waals surface area contributed by atoms with Crippen molar-refractivity contribution in [3.8, 4) is 22.8 Å². The molecule has 1 amide bonds. The van der Waals surface area contributed by atoms with Gasteiger partial charge in [0.1, 0.15) is 5.56 Å². The van der Waals surface area contributed by atoms with E-state index in [0.29, 0.717) is 21.6 Å². The first-order valence-corrected chi connectivity index (χ1v) is 10.7. The van der Waals surface area contributed by atoms with Gasteiger partial charge in [-0.25, -0.2) is 9.50 Å². The number of fused-ring (bicyclic) bond motifs is 1. The molecule has 1 aliphatic rings. The van der Waals surface area contributed by atoms with Crippen molar-refractivity contribution >= 4 is 11.6 Å². The summed E-state index contributed by atoms with van der Waals surface area (Å²) < 4.78 is 53.0. The number of benzene rings is 1. The molecule has 0 N–H and O–H groups in total. The van der Waals surface area contributed by atoms with Gasteiger partial charge in [-0.3, -0.25) is 4.79 Å². The number of carbonyl (C=O) groups is 1. The Kier molecular flexibility index (Phi) is 5.94. The topological polar surface area (TPSA) is 69.0 Å². The molecule has 1 aliphatic heterocycles. The molecule has 0 saturated carbocycles. The zero-order valence-corrected chi connectivity index (χ0v) is 18.8. The minimum Gasteiger partial charge on any atom is -0.493 e. The van der Waals surface area contributed by atoms with E-state index in [9.17, 15) is 18.0 Å². The van der Waals surface area contributed by atoms with Crippen molar-refractivity contribution in [3.05, 3.63) is 41.7 Å². The van der Waals surface area contributed by atoms with E-state index in [2.05, 4.69) is 10.1 Å². The van der Waals surface area contributed by atoms with Crippen LogP contribution >= 0.6 is 0 Å². The van der Waals surface area contributed by atoms with Crippen molar-refractivity contribution in [1.29, 1.82) is 0 Å². The summed E-state index contributed by atoms with van der Waals surface area (Å²) in [5, 5.41) is 3.89. The Hall–Kier alpha value is -3.30. The third-order valence-electron chi connectivity index (χ3n) is 6.10. The molecule has 0 bridgehead atoms. The summed E-state index contributed by atoms with van der Waals surface area (Å²) in [6.07, 6.45) is -0.849. The Bertz CT molecular complexity index is 1180. The number of rotatable bonds is 4. The highest BCUT2D eigenvalue weighted by Gasteiger charge is 2.37. The van der Waals surface area contributed by atoms with Crippen LogP contribution in [0.25, 0.3) is 16.9 Å². The monoisotopic (exact) mass is 462 g/mol. The summed E-state index contributed by atoms with van der Waals surface area (Å²) in [6.45, 7) is 3.89. The maximum absolute atomic E-state index is 13.9. The van der Waals surface area contributed by atoms with Gasteiger partial charge in [-0.15, -0.1) is 0 Å². The van der Waals surface area contributed by atoms with Crippen LogP contribution in [0.3, 0.4) is 0 Å². The predicted octanol–water partition coefficient (Wildman–Crippen LogP) is 4.84. The summed E-state index contributed by atoms with van der Waals surface area (Å²) in [5.41, 5.74) is -0.672. The molecular weight excluding hydrogens is 437 g/mol. The Labute approximate surface area is 189 Å². The van der Waals surface area contributed by atoms with E-state index in [0.717, 1.165) is 25.3 Å². The smallest absolute Gasteiger partial charge is 0.433 e. The van der Waals surface area contributed by atoms with Gasteiger partial charge in [-0.05, 0) is 57.4 Å².